The quantitative estimate of drug-likeness (QED) is 0.775. The van der Waals surface area contributed by atoms with Crippen LogP contribution in [0.5, 0.6) is 0 Å². The molecular weight excluding hydrogens is 242 g/mol. The third-order valence-corrected chi connectivity index (χ3v) is 2.67. The fourth-order valence-electron chi connectivity index (χ4n) is 1.50. The highest BCUT2D eigenvalue weighted by atomic mass is 35.5. The zero-order valence-electron chi connectivity index (χ0n) is 10.5. The maximum atomic E-state index is 10.1. The summed E-state index contributed by atoms with van der Waals surface area (Å²) in [7, 11) is 1.63. The van der Waals surface area contributed by atoms with Crippen LogP contribution in [0.3, 0.4) is 0 Å². The molecule has 1 heterocycles. The summed E-state index contributed by atoms with van der Waals surface area (Å²) < 4.78 is 6.67. The fourth-order valence-corrected chi connectivity index (χ4v) is 1.77. The molecule has 5 nitrogen and oxygen atoms in total. The lowest BCUT2D eigenvalue weighted by Crippen LogP contribution is -2.29. The molecule has 0 aliphatic heterocycles. The zero-order chi connectivity index (χ0) is 12.8. The van der Waals surface area contributed by atoms with E-state index in [1.807, 2.05) is 13.8 Å². The summed E-state index contributed by atoms with van der Waals surface area (Å²) in [6.45, 7) is 5.62. The van der Waals surface area contributed by atoms with E-state index in [0.717, 1.165) is 0 Å². The Morgan fingerprint density at radius 3 is 2.88 bits per heavy atom. The molecular formula is C11H20ClN3O2. The number of aliphatic hydroxyl groups is 1. The number of hydrogen-bond donors (Lipinski definition) is 2. The van der Waals surface area contributed by atoms with Gasteiger partial charge in [0.25, 0.3) is 0 Å². The van der Waals surface area contributed by atoms with Crippen LogP contribution in [-0.4, -0.2) is 41.2 Å². The third kappa shape index (κ3) is 4.27. The Kier molecular flexibility index (Phi) is 5.91. The van der Waals surface area contributed by atoms with Crippen molar-refractivity contribution in [3.8, 4) is 0 Å². The van der Waals surface area contributed by atoms with Crippen molar-refractivity contribution in [2.45, 2.75) is 32.5 Å². The van der Waals surface area contributed by atoms with E-state index in [2.05, 4.69) is 10.4 Å². The molecule has 0 fully saturated rings. The first kappa shape index (κ1) is 14.4. The summed E-state index contributed by atoms with van der Waals surface area (Å²) in [5.41, 5.74) is 0.636. The van der Waals surface area contributed by atoms with Crippen LogP contribution in [0.4, 0.5) is 0 Å². The Balaban J connectivity index is 2.69. The zero-order valence-corrected chi connectivity index (χ0v) is 11.2. The molecule has 1 aromatic heterocycles. The fraction of sp³-hybridized carbons (Fsp3) is 0.727. The number of ether oxygens (including phenoxy) is 1. The van der Waals surface area contributed by atoms with E-state index in [9.17, 15) is 5.11 Å². The van der Waals surface area contributed by atoms with E-state index in [4.69, 9.17) is 16.3 Å². The number of rotatable bonds is 7. The van der Waals surface area contributed by atoms with E-state index >= 15 is 0 Å². The minimum Gasteiger partial charge on any atom is -0.385 e. The van der Waals surface area contributed by atoms with Gasteiger partial charge < -0.3 is 15.2 Å². The van der Waals surface area contributed by atoms with Crippen LogP contribution in [-0.2, 0) is 11.3 Å². The molecule has 0 aliphatic carbocycles. The van der Waals surface area contributed by atoms with Crippen molar-refractivity contribution in [1.82, 2.24) is 15.1 Å². The lowest BCUT2D eigenvalue weighted by atomic mass is 10.2. The molecule has 0 radical (unpaired) electrons. The van der Waals surface area contributed by atoms with Crippen LogP contribution < -0.4 is 5.32 Å². The second-order valence-corrected chi connectivity index (χ2v) is 4.58. The van der Waals surface area contributed by atoms with Crippen LogP contribution in [0, 0.1) is 0 Å². The predicted molar refractivity (Wildman–Crippen MR) is 67.2 cm³/mol. The van der Waals surface area contributed by atoms with Crippen LogP contribution in [0.1, 0.15) is 25.6 Å². The minimum atomic E-state index is -0.663. The van der Waals surface area contributed by atoms with E-state index in [-0.39, 0.29) is 0 Å². The normalized spacial score (nSPS) is 13.3. The number of nitrogens with zero attached hydrogens (tertiary/aromatic N) is 2. The average molecular weight is 262 g/mol. The molecule has 0 saturated carbocycles. The van der Waals surface area contributed by atoms with Crippen molar-refractivity contribution in [3.05, 3.63) is 16.9 Å². The summed E-state index contributed by atoms with van der Waals surface area (Å²) in [6.07, 6.45) is 0.884. The monoisotopic (exact) mass is 261 g/mol. The Labute approximate surface area is 107 Å². The molecule has 0 aliphatic rings. The molecule has 1 atom stereocenters. The van der Waals surface area contributed by atoms with Crippen molar-refractivity contribution in [2.24, 2.45) is 0 Å². The van der Waals surface area contributed by atoms with Crippen molar-refractivity contribution in [3.63, 3.8) is 0 Å². The van der Waals surface area contributed by atoms with E-state index in [1.165, 1.54) is 0 Å². The maximum absolute atomic E-state index is 10.1. The molecule has 0 amide bonds. The second kappa shape index (κ2) is 6.96. The van der Waals surface area contributed by atoms with Crippen molar-refractivity contribution in [1.29, 1.82) is 0 Å². The van der Waals surface area contributed by atoms with Gasteiger partial charge in [0.1, 0.15) is 6.10 Å². The maximum Gasteiger partial charge on any atom is 0.110 e. The van der Waals surface area contributed by atoms with Crippen molar-refractivity contribution >= 4 is 11.6 Å². The topological polar surface area (TPSA) is 59.3 Å². The first-order valence-corrected chi connectivity index (χ1v) is 6.05. The van der Waals surface area contributed by atoms with Gasteiger partial charge in [0.2, 0.25) is 0 Å². The molecule has 0 saturated heterocycles. The first-order valence-electron chi connectivity index (χ1n) is 5.67. The van der Waals surface area contributed by atoms with Gasteiger partial charge >= 0.3 is 0 Å². The molecule has 17 heavy (non-hydrogen) atoms. The van der Waals surface area contributed by atoms with Crippen LogP contribution in [0.25, 0.3) is 0 Å². The SMILES string of the molecule is COCCn1ncc(Cl)c1C(O)CNC(C)C. The number of aliphatic hydroxyl groups excluding tert-OH is 1. The van der Waals surface area contributed by atoms with Gasteiger partial charge in [-0.05, 0) is 0 Å². The van der Waals surface area contributed by atoms with Gasteiger partial charge in [-0.3, -0.25) is 4.68 Å². The van der Waals surface area contributed by atoms with Gasteiger partial charge in [-0.25, -0.2) is 0 Å². The van der Waals surface area contributed by atoms with Crippen molar-refractivity contribution < 1.29 is 9.84 Å². The number of nitrogens with one attached hydrogen (secondary N) is 1. The Morgan fingerprint density at radius 2 is 2.29 bits per heavy atom. The molecule has 98 valence electrons. The molecule has 2 N–H and O–H groups in total. The summed E-state index contributed by atoms with van der Waals surface area (Å²) in [6, 6.07) is 0.318. The van der Waals surface area contributed by atoms with Gasteiger partial charge in [0, 0.05) is 19.7 Å². The van der Waals surface area contributed by atoms with Gasteiger partial charge in [0.05, 0.1) is 30.1 Å². The second-order valence-electron chi connectivity index (χ2n) is 4.17. The standard InChI is InChI=1S/C11H20ClN3O2/c1-8(2)13-7-10(16)11-9(12)6-14-15(11)4-5-17-3/h6,8,10,13,16H,4-5,7H2,1-3H3. The number of halogens is 1. The Bertz CT molecular complexity index is 341. The Morgan fingerprint density at radius 1 is 1.59 bits per heavy atom. The number of aromatic nitrogens is 2. The van der Waals surface area contributed by atoms with Gasteiger partial charge in [-0.15, -0.1) is 0 Å². The Hall–Kier alpha value is -0.620. The largest absolute Gasteiger partial charge is 0.385 e. The van der Waals surface area contributed by atoms with E-state index < -0.39 is 6.10 Å². The minimum absolute atomic E-state index is 0.318. The van der Waals surface area contributed by atoms with Gasteiger partial charge in [0.15, 0.2) is 0 Å². The summed E-state index contributed by atoms with van der Waals surface area (Å²) >= 11 is 6.02. The predicted octanol–water partition coefficient (Wildman–Crippen LogP) is 1.21. The average Bonchev–Trinajstić information content (AvgIpc) is 2.64. The molecule has 0 bridgehead atoms. The van der Waals surface area contributed by atoms with Crippen LogP contribution in [0.15, 0.2) is 6.20 Å². The number of methoxy groups -OCH3 is 1. The lowest BCUT2D eigenvalue weighted by molar-refractivity contribution is 0.149. The van der Waals surface area contributed by atoms with Crippen LogP contribution in [0.2, 0.25) is 5.02 Å². The molecule has 0 spiro atoms. The smallest absolute Gasteiger partial charge is 0.110 e. The van der Waals surface area contributed by atoms with E-state index in [0.29, 0.717) is 36.5 Å². The highest BCUT2D eigenvalue weighted by Crippen LogP contribution is 2.22. The summed E-state index contributed by atoms with van der Waals surface area (Å²) in [5, 5.41) is 17.8. The summed E-state index contributed by atoms with van der Waals surface area (Å²) in [5.74, 6) is 0. The van der Waals surface area contributed by atoms with Gasteiger partial charge in [-0.1, -0.05) is 25.4 Å². The number of hydrogen-bond acceptors (Lipinski definition) is 4. The molecule has 1 rings (SSSR count). The van der Waals surface area contributed by atoms with Crippen molar-refractivity contribution in [2.75, 3.05) is 20.3 Å². The molecule has 6 heteroatoms. The first-order chi connectivity index (χ1) is 8.06. The van der Waals surface area contributed by atoms with Gasteiger partial charge in [-0.2, -0.15) is 5.10 Å². The molecule has 1 unspecified atom stereocenters. The summed E-state index contributed by atoms with van der Waals surface area (Å²) in [4.78, 5) is 0. The highest BCUT2D eigenvalue weighted by molar-refractivity contribution is 6.31. The lowest BCUT2D eigenvalue weighted by Gasteiger charge is -2.16. The van der Waals surface area contributed by atoms with E-state index in [1.54, 1.807) is 18.0 Å². The van der Waals surface area contributed by atoms with Crippen LogP contribution >= 0.6 is 11.6 Å². The molecule has 0 aromatic carbocycles. The molecule has 1 aromatic rings. The third-order valence-electron chi connectivity index (χ3n) is 2.38. The highest BCUT2D eigenvalue weighted by Gasteiger charge is 2.18.